The van der Waals surface area contributed by atoms with Gasteiger partial charge >= 0.3 is 6.18 Å². The summed E-state index contributed by atoms with van der Waals surface area (Å²) in [7, 11) is 0. The third-order valence-corrected chi connectivity index (χ3v) is 5.47. The molecule has 1 fully saturated rings. The van der Waals surface area contributed by atoms with Gasteiger partial charge in [0.2, 0.25) is 0 Å². The van der Waals surface area contributed by atoms with Gasteiger partial charge in [0, 0.05) is 24.6 Å². The Hall–Kier alpha value is -1.90. The predicted octanol–water partition coefficient (Wildman–Crippen LogP) is 3.14. The van der Waals surface area contributed by atoms with Crippen molar-refractivity contribution < 1.29 is 23.0 Å². The molecule has 0 aliphatic carbocycles. The first-order chi connectivity index (χ1) is 12.6. The van der Waals surface area contributed by atoms with E-state index in [0.29, 0.717) is 13.1 Å². The molecule has 0 bridgehead atoms. The number of ether oxygens (including phenoxy) is 1. The summed E-state index contributed by atoms with van der Waals surface area (Å²) in [6.07, 6.45) is -4.97. The van der Waals surface area contributed by atoms with Crippen molar-refractivity contribution in [2.75, 3.05) is 6.54 Å². The smallest absolute Gasteiger partial charge is 0.378 e. The van der Waals surface area contributed by atoms with Gasteiger partial charge in [0.15, 0.2) is 5.60 Å². The number of fused-ring (bicyclic) bond motifs is 1. The SMILES string of the molecule is Cc1ccc(-n2ncc3c2C(C)CN(C2OC2[C@@](C)(O)C(F)(F)F)C3)cc1. The predicted molar refractivity (Wildman–Crippen MR) is 92.5 cm³/mol. The number of nitrogens with zero attached hydrogens (tertiary/aromatic N) is 3. The van der Waals surface area contributed by atoms with Crippen LogP contribution in [0.2, 0.25) is 0 Å². The molecule has 3 heterocycles. The number of rotatable bonds is 3. The maximum Gasteiger partial charge on any atom is 0.419 e. The Bertz CT molecular complexity index is 845. The first kappa shape index (κ1) is 18.5. The van der Waals surface area contributed by atoms with E-state index in [1.807, 2.05) is 47.7 Å². The number of hydrogen-bond acceptors (Lipinski definition) is 4. The van der Waals surface area contributed by atoms with Gasteiger partial charge in [0.05, 0.1) is 17.6 Å². The number of epoxide rings is 1. The molecule has 4 atom stereocenters. The highest BCUT2D eigenvalue weighted by molar-refractivity contribution is 5.39. The lowest BCUT2D eigenvalue weighted by molar-refractivity contribution is -0.259. The third kappa shape index (κ3) is 3.05. The van der Waals surface area contributed by atoms with E-state index in [-0.39, 0.29) is 5.92 Å². The summed E-state index contributed by atoms with van der Waals surface area (Å²) in [5.41, 5.74) is 1.30. The van der Waals surface area contributed by atoms with Crippen LogP contribution in [0.5, 0.6) is 0 Å². The van der Waals surface area contributed by atoms with Crippen LogP contribution < -0.4 is 0 Å². The Morgan fingerprint density at radius 2 is 1.89 bits per heavy atom. The molecule has 0 saturated carbocycles. The zero-order valence-corrected chi connectivity index (χ0v) is 15.4. The molecule has 2 aliphatic rings. The molecule has 0 spiro atoms. The quantitative estimate of drug-likeness (QED) is 0.830. The van der Waals surface area contributed by atoms with Gasteiger partial charge in [-0.3, -0.25) is 4.90 Å². The van der Waals surface area contributed by atoms with Gasteiger partial charge in [0.1, 0.15) is 12.3 Å². The van der Waals surface area contributed by atoms with Crippen molar-refractivity contribution >= 4 is 0 Å². The van der Waals surface area contributed by atoms with Crippen molar-refractivity contribution in [1.82, 2.24) is 14.7 Å². The van der Waals surface area contributed by atoms with E-state index < -0.39 is 24.1 Å². The van der Waals surface area contributed by atoms with Crippen LogP contribution in [0.3, 0.4) is 0 Å². The summed E-state index contributed by atoms with van der Waals surface area (Å²) in [6, 6.07) is 8.04. The number of hydrogen-bond donors (Lipinski definition) is 1. The lowest BCUT2D eigenvalue weighted by Gasteiger charge is -2.32. The van der Waals surface area contributed by atoms with Crippen LogP contribution in [-0.4, -0.2) is 50.4 Å². The van der Waals surface area contributed by atoms with E-state index in [1.54, 1.807) is 6.20 Å². The number of alkyl halides is 3. The highest BCUT2D eigenvalue weighted by atomic mass is 19.4. The second kappa shape index (κ2) is 6.05. The van der Waals surface area contributed by atoms with Crippen molar-refractivity contribution in [2.24, 2.45) is 0 Å². The molecule has 5 nitrogen and oxygen atoms in total. The second-order valence-corrected chi connectivity index (χ2v) is 7.73. The van der Waals surface area contributed by atoms with Gasteiger partial charge in [-0.05, 0) is 26.0 Å². The highest BCUT2D eigenvalue weighted by Gasteiger charge is 2.66. The Morgan fingerprint density at radius 1 is 1.22 bits per heavy atom. The lowest BCUT2D eigenvalue weighted by Crippen LogP contribution is -2.50. The topological polar surface area (TPSA) is 53.8 Å². The Labute approximate surface area is 155 Å². The fourth-order valence-electron chi connectivity index (χ4n) is 3.80. The van der Waals surface area contributed by atoms with Crippen molar-refractivity contribution in [3.8, 4) is 5.69 Å². The van der Waals surface area contributed by atoms with Gasteiger partial charge < -0.3 is 9.84 Å². The summed E-state index contributed by atoms with van der Waals surface area (Å²) in [5, 5.41) is 14.3. The summed E-state index contributed by atoms with van der Waals surface area (Å²) < 4.78 is 46.3. The minimum Gasteiger partial charge on any atom is -0.378 e. The molecule has 8 heteroatoms. The van der Waals surface area contributed by atoms with Crippen LogP contribution in [0.4, 0.5) is 13.2 Å². The van der Waals surface area contributed by atoms with Crippen LogP contribution in [0, 0.1) is 6.92 Å². The first-order valence-electron chi connectivity index (χ1n) is 8.92. The highest BCUT2D eigenvalue weighted by Crippen LogP contribution is 2.45. The molecule has 27 heavy (non-hydrogen) atoms. The molecule has 1 aromatic heterocycles. The molecule has 146 valence electrons. The number of halogens is 3. The van der Waals surface area contributed by atoms with Gasteiger partial charge in [-0.1, -0.05) is 24.6 Å². The summed E-state index contributed by atoms with van der Waals surface area (Å²) in [5.74, 6) is 0.0678. The average molecular weight is 381 g/mol. The van der Waals surface area contributed by atoms with Crippen LogP contribution in [0.1, 0.15) is 36.6 Å². The fraction of sp³-hybridized carbons (Fsp3) is 0.526. The molecule has 1 aromatic carbocycles. The molecular weight excluding hydrogens is 359 g/mol. The Balaban J connectivity index is 1.55. The summed E-state index contributed by atoms with van der Waals surface area (Å²) in [4.78, 5) is 1.85. The molecule has 1 saturated heterocycles. The maximum absolute atomic E-state index is 13.0. The van der Waals surface area contributed by atoms with Gasteiger partial charge in [-0.25, -0.2) is 4.68 Å². The van der Waals surface area contributed by atoms with Crippen molar-refractivity contribution in [1.29, 1.82) is 0 Å². The molecule has 0 amide bonds. The van der Waals surface area contributed by atoms with Crippen molar-refractivity contribution in [3.63, 3.8) is 0 Å². The van der Waals surface area contributed by atoms with E-state index in [2.05, 4.69) is 5.10 Å². The normalized spacial score (nSPS) is 27.9. The fourth-order valence-corrected chi connectivity index (χ4v) is 3.80. The number of aliphatic hydroxyl groups is 1. The van der Waals surface area contributed by atoms with E-state index in [9.17, 15) is 18.3 Å². The molecular formula is C19H22F3N3O2. The number of aromatic nitrogens is 2. The standard InChI is InChI=1S/C19H22F3N3O2/c1-11-4-6-14(7-5-11)25-15-12(2)9-24(10-13(15)8-23-25)17-16(27-17)18(3,26)19(20,21)22/h4-8,12,16-17,26H,9-10H2,1-3H3/t12?,16?,17?,18-/m1/s1. The lowest BCUT2D eigenvalue weighted by atomic mass is 9.96. The van der Waals surface area contributed by atoms with Crippen LogP contribution >= 0.6 is 0 Å². The van der Waals surface area contributed by atoms with Crippen molar-refractivity contribution in [2.45, 2.75) is 57.3 Å². The zero-order valence-electron chi connectivity index (χ0n) is 15.4. The minimum absolute atomic E-state index is 0.0678. The van der Waals surface area contributed by atoms with Crippen molar-refractivity contribution in [3.05, 3.63) is 47.3 Å². The van der Waals surface area contributed by atoms with Crippen LogP contribution in [0.25, 0.3) is 5.69 Å². The first-order valence-corrected chi connectivity index (χ1v) is 8.92. The molecule has 2 aliphatic heterocycles. The van der Waals surface area contributed by atoms with E-state index >= 15 is 0 Å². The summed E-state index contributed by atoms with van der Waals surface area (Å²) >= 11 is 0. The van der Waals surface area contributed by atoms with Crippen LogP contribution in [-0.2, 0) is 11.3 Å². The molecule has 0 radical (unpaired) electrons. The maximum atomic E-state index is 13.0. The largest absolute Gasteiger partial charge is 0.419 e. The molecule has 2 aromatic rings. The monoisotopic (exact) mass is 381 g/mol. The number of benzene rings is 1. The molecule has 4 rings (SSSR count). The van der Waals surface area contributed by atoms with Gasteiger partial charge in [-0.15, -0.1) is 0 Å². The Kier molecular flexibility index (Phi) is 4.14. The van der Waals surface area contributed by atoms with E-state index in [4.69, 9.17) is 4.74 Å². The van der Waals surface area contributed by atoms with Crippen LogP contribution in [0.15, 0.2) is 30.5 Å². The van der Waals surface area contributed by atoms with Gasteiger partial charge in [0.25, 0.3) is 0 Å². The zero-order chi connectivity index (χ0) is 19.6. The average Bonchev–Trinajstić information content (AvgIpc) is 3.28. The third-order valence-electron chi connectivity index (χ3n) is 5.47. The second-order valence-electron chi connectivity index (χ2n) is 7.73. The molecule has 3 unspecified atom stereocenters. The molecule has 1 N–H and O–H groups in total. The Morgan fingerprint density at radius 3 is 2.52 bits per heavy atom. The minimum atomic E-state index is -4.73. The van der Waals surface area contributed by atoms with Gasteiger partial charge in [-0.2, -0.15) is 18.3 Å². The summed E-state index contributed by atoms with van der Waals surface area (Å²) in [6.45, 7) is 5.80. The van der Waals surface area contributed by atoms with E-state index in [0.717, 1.165) is 29.4 Å². The number of aryl methyl sites for hydroxylation is 1. The van der Waals surface area contributed by atoms with E-state index in [1.165, 1.54) is 0 Å².